The van der Waals surface area contributed by atoms with Gasteiger partial charge in [-0.2, -0.15) is 0 Å². The summed E-state index contributed by atoms with van der Waals surface area (Å²) in [4.78, 5) is 20.0. The van der Waals surface area contributed by atoms with Crippen LogP contribution in [-0.2, 0) is 9.59 Å². The molecule has 1 saturated heterocycles. The molecule has 2 atom stereocenters. The molecule has 1 fully saturated rings. The molecular formula is C38H60N4O2. The van der Waals surface area contributed by atoms with Gasteiger partial charge in [-0.3, -0.25) is 4.79 Å². The van der Waals surface area contributed by atoms with E-state index in [-0.39, 0.29) is 11.8 Å². The fraction of sp³-hybridized carbons (Fsp3) is 0.474. The Morgan fingerprint density at radius 3 is 2.23 bits per heavy atom. The molecule has 6 nitrogen and oxygen atoms in total. The molecule has 1 aliphatic heterocycles. The minimum absolute atomic E-state index is 0.0473. The van der Waals surface area contributed by atoms with Gasteiger partial charge >= 0.3 is 0 Å². The number of hydrogen-bond acceptors (Lipinski definition) is 5. The molecule has 3 aliphatic rings. The van der Waals surface area contributed by atoms with E-state index in [1.54, 1.807) is 5.57 Å². The zero-order valence-corrected chi connectivity index (χ0v) is 28.1. The quantitative estimate of drug-likeness (QED) is 0.241. The molecule has 1 aromatic carbocycles. The van der Waals surface area contributed by atoms with Crippen LogP contribution in [0, 0.1) is 0 Å². The van der Waals surface area contributed by atoms with Gasteiger partial charge in [-0.25, -0.2) is 0 Å². The summed E-state index contributed by atoms with van der Waals surface area (Å²) in [6.07, 6.45) is 26.8. The van der Waals surface area contributed by atoms with Crippen LogP contribution < -0.4 is 21.7 Å². The maximum Gasteiger partial charge on any atom is 0.236 e. The van der Waals surface area contributed by atoms with Gasteiger partial charge in [0, 0.05) is 12.5 Å². The molecule has 0 radical (unpaired) electrons. The van der Waals surface area contributed by atoms with Crippen LogP contribution in [-0.4, -0.2) is 52.0 Å². The molecule has 1 amide bonds. The minimum Gasteiger partial charge on any atom is -0.355 e. The first-order valence-electron chi connectivity index (χ1n) is 16.4. The number of allylic oxidation sites excluding steroid dienone is 10. The van der Waals surface area contributed by atoms with Gasteiger partial charge in [-0.1, -0.05) is 119 Å². The lowest BCUT2D eigenvalue weighted by Gasteiger charge is -2.20. The van der Waals surface area contributed by atoms with Crippen LogP contribution in [0.1, 0.15) is 84.1 Å². The van der Waals surface area contributed by atoms with Gasteiger partial charge in [0.1, 0.15) is 6.79 Å². The van der Waals surface area contributed by atoms with Crippen molar-refractivity contribution in [1.29, 1.82) is 0 Å². The normalized spacial score (nSPS) is 16.1. The molecule has 2 aliphatic carbocycles. The van der Waals surface area contributed by atoms with Crippen LogP contribution in [0.2, 0.25) is 0 Å². The zero-order valence-electron chi connectivity index (χ0n) is 28.1. The third kappa shape index (κ3) is 17.7. The SMILES string of the molecule is C1=CCC=C2CCNCCC2=C1.C=O.CC.CCCC(N)C(=O)NCCC(C1=CC=CCC=C1)c1ccccc1.CCNC. The van der Waals surface area contributed by atoms with Crippen LogP contribution >= 0.6 is 0 Å². The smallest absolute Gasteiger partial charge is 0.236 e. The van der Waals surface area contributed by atoms with Crippen molar-refractivity contribution < 1.29 is 9.59 Å². The highest BCUT2D eigenvalue weighted by molar-refractivity contribution is 5.81. The molecular weight excluding hydrogens is 544 g/mol. The van der Waals surface area contributed by atoms with Gasteiger partial charge in [0.25, 0.3) is 0 Å². The number of rotatable bonds is 9. The monoisotopic (exact) mass is 604 g/mol. The second-order valence-electron chi connectivity index (χ2n) is 10.2. The number of fused-ring (bicyclic) bond motifs is 1. The van der Waals surface area contributed by atoms with Crippen molar-refractivity contribution in [3.05, 3.63) is 107 Å². The summed E-state index contributed by atoms with van der Waals surface area (Å²) in [5.74, 6) is 0.224. The molecule has 0 aromatic heterocycles. The highest BCUT2D eigenvalue weighted by atomic mass is 16.2. The number of amides is 1. The second-order valence-corrected chi connectivity index (χ2v) is 10.2. The molecule has 2 unspecified atom stereocenters. The molecule has 0 saturated carbocycles. The lowest BCUT2D eigenvalue weighted by molar-refractivity contribution is -0.122. The van der Waals surface area contributed by atoms with Gasteiger partial charge in [-0.15, -0.1) is 0 Å². The van der Waals surface area contributed by atoms with E-state index in [9.17, 15) is 4.79 Å². The van der Waals surface area contributed by atoms with Crippen molar-refractivity contribution in [1.82, 2.24) is 16.0 Å². The largest absolute Gasteiger partial charge is 0.355 e. The van der Waals surface area contributed by atoms with Gasteiger partial charge < -0.3 is 26.5 Å². The van der Waals surface area contributed by atoms with Gasteiger partial charge in [0.05, 0.1) is 6.04 Å². The Morgan fingerprint density at radius 1 is 0.932 bits per heavy atom. The molecule has 44 heavy (non-hydrogen) atoms. The van der Waals surface area contributed by atoms with Gasteiger partial charge in [-0.05, 0) is 87.5 Å². The average molecular weight is 605 g/mol. The van der Waals surface area contributed by atoms with Crippen LogP contribution in [0.25, 0.3) is 0 Å². The molecule has 4 rings (SSSR count). The van der Waals surface area contributed by atoms with Crippen molar-refractivity contribution in [2.45, 2.75) is 84.6 Å². The first-order valence-corrected chi connectivity index (χ1v) is 16.4. The standard InChI is InChI=1S/C21H28N2O.C11H15N.C3H9N.C2H6.CH2O/c1-2-10-20(22)21(24)23-16-15-19(18-13-8-5-9-14-18)17-11-6-3-4-7-12-17;1-2-4-10-6-8-12-9-7-11(10)5-3-1;1-3-4-2;2*1-2/h3,5-9,11-14,19-20H,2,4,10,15-16,22H2,1H3,(H,23,24);1-2,4-5,12H,3,6-9H2;4H,3H2,1-2H3;1-2H3;1H2. The summed E-state index contributed by atoms with van der Waals surface area (Å²) >= 11 is 0. The average Bonchev–Trinajstić information content (AvgIpc) is 3.58. The van der Waals surface area contributed by atoms with E-state index >= 15 is 0 Å². The molecule has 0 bridgehead atoms. The Hall–Kier alpha value is -3.32. The number of carbonyl (C=O) groups excluding carboxylic acids is 2. The summed E-state index contributed by atoms with van der Waals surface area (Å²) < 4.78 is 0. The number of nitrogens with two attached hydrogens (primary N) is 1. The van der Waals surface area contributed by atoms with Crippen LogP contribution in [0.5, 0.6) is 0 Å². The number of nitrogens with one attached hydrogen (secondary N) is 3. The highest BCUT2D eigenvalue weighted by Crippen LogP contribution is 2.29. The van der Waals surface area contributed by atoms with E-state index in [0.717, 1.165) is 51.7 Å². The van der Waals surface area contributed by atoms with E-state index in [1.807, 2.05) is 40.7 Å². The summed E-state index contributed by atoms with van der Waals surface area (Å²) in [5.41, 5.74) is 11.5. The Bertz CT molecular complexity index is 1050. The third-order valence-electron chi connectivity index (χ3n) is 7.12. The zero-order chi connectivity index (χ0) is 32.8. The van der Waals surface area contributed by atoms with E-state index in [4.69, 9.17) is 10.5 Å². The number of hydrogen-bond donors (Lipinski definition) is 4. The maximum atomic E-state index is 12.0. The minimum atomic E-state index is -0.398. The summed E-state index contributed by atoms with van der Waals surface area (Å²) in [6.45, 7) is 14.1. The van der Waals surface area contributed by atoms with Gasteiger partial charge in [0.15, 0.2) is 0 Å². The highest BCUT2D eigenvalue weighted by Gasteiger charge is 2.17. The molecule has 6 heteroatoms. The Balaban J connectivity index is 0.000000765. The fourth-order valence-corrected chi connectivity index (χ4v) is 4.74. The number of carbonyl (C=O) groups is 2. The van der Waals surface area contributed by atoms with Gasteiger partial charge in [0.2, 0.25) is 5.91 Å². The van der Waals surface area contributed by atoms with Crippen LogP contribution in [0.15, 0.2) is 102 Å². The van der Waals surface area contributed by atoms with E-state index in [0.29, 0.717) is 6.54 Å². The Labute approximate surface area is 268 Å². The van der Waals surface area contributed by atoms with Crippen molar-refractivity contribution in [2.24, 2.45) is 5.73 Å². The lowest BCUT2D eigenvalue weighted by Crippen LogP contribution is -2.41. The first kappa shape index (κ1) is 40.7. The molecule has 1 aromatic rings. The molecule has 244 valence electrons. The second kappa shape index (κ2) is 28.5. The van der Waals surface area contributed by atoms with Crippen molar-refractivity contribution >= 4 is 12.7 Å². The first-order chi connectivity index (χ1) is 21.6. The van der Waals surface area contributed by atoms with E-state index in [2.05, 4.69) is 102 Å². The summed E-state index contributed by atoms with van der Waals surface area (Å²) in [5, 5.41) is 9.34. The summed E-state index contributed by atoms with van der Waals surface area (Å²) in [6, 6.07) is 10.1. The number of benzene rings is 1. The predicted octanol–water partition coefficient (Wildman–Crippen LogP) is 7.10. The van der Waals surface area contributed by atoms with E-state index in [1.165, 1.54) is 29.6 Å². The van der Waals surface area contributed by atoms with Crippen molar-refractivity contribution in [3.63, 3.8) is 0 Å². The maximum absolute atomic E-state index is 12.0. The van der Waals surface area contributed by atoms with Crippen molar-refractivity contribution in [2.75, 3.05) is 33.2 Å². The predicted molar refractivity (Wildman–Crippen MR) is 191 cm³/mol. The third-order valence-corrected chi connectivity index (χ3v) is 7.12. The fourth-order valence-electron chi connectivity index (χ4n) is 4.74. The molecule has 0 spiro atoms. The molecule has 5 N–H and O–H groups in total. The molecule has 1 heterocycles. The lowest BCUT2D eigenvalue weighted by atomic mass is 9.87. The van der Waals surface area contributed by atoms with Crippen LogP contribution in [0.3, 0.4) is 0 Å². The van der Waals surface area contributed by atoms with Crippen LogP contribution in [0.4, 0.5) is 0 Å². The van der Waals surface area contributed by atoms with E-state index < -0.39 is 6.04 Å². The topological polar surface area (TPSA) is 96.2 Å². The Morgan fingerprint density at radius 2 is 1.57 bits per heavy atom. The van der Waals surface area contributed by atoms with Crippen molar-refractivity contribution in [3.8, 4) is 0 Å². The Kier molecular flexibility index (Phi) is 26.3. The summed E-state index contributed by atoms with van der Waals surface area (Å²) in [7, 11) is 1.93.